The molecule has 2 aromatic carbocycles. The molecule has 116 valence electrons. The summed E-state index contributed by atoms with van der Waals surface area (Å²) in [5.74, 6) is 0.878. The van der Waals surface area contributed by atoms with Crippen LogP contribution in [0.4, 0.5) is 0 Å². The van der Waals surface area contributed by atoms with Crippen molar-refractivity contribution < 1.29 is 0 Å². The molecule has 0 N–H and O–H groups in total. The summed E-state index contributed by atoms with van der Waals surface area (Å²) in [7, 11) is 0. The Hall–Kier alpha value is -1.38. The van der Waals surface area contributed by atoms with Gasteiger partial charge in [-0.05, 0) is 41.3 Å². The Balaban J connectivity index is 0.000000485. The molecule has 0 nitrogen and oxygen atoms in total. The van der Waals surface area contributed by atoms with Crippen molar-refractivity contribution in [3.8, 4) is 0 Å². The van der Waals surface area contributed by atoms with Crippen molar-refractivity contribution in [1.29, 1.82) is 0 Å². The Morgan fingerprint density at radius 2 is 1.22 bits per heavy atom. The quantitative estimate of drug-likeness (QED) is 0.416. The van der Waals surface area contributed by atoms with Gasteiger partial charge in [-0.1, -0.05) is 86.5 Å². The molecule has 0 heterocycles. The molecule has 0 bridgehead atoms. The van der Waals surface area contributed by atoms with Crippen LogP contribution in [0.15, 0.2) is 70.2 Å². The molecule has 4 rings (SSSR count). The van der Waals surface area contributed by atoms with E-state index in [4.69, 9.17) is 0 Å². The molecular weight excluding hydrogens is 412 g/mol. The van der Waals surface area contributed by atoms with Crippen molar-refractivity contribution in [3.63, 3.8) is 0 Å². The average molecular weight is 430 g/mol. The monoisotopic (exact) mass is 428 g/mol. The van der Waals surface area contributed by atoms with Crippen LogP contribution in [0.3, 0.4) is 0 Å². The van der Waals surface area contributed by atoms with Gasteiger partial charge in [0.15, 0.2) is 0 Å². The normalized spacial score (nSPS) is 19.8. The Bertz CT molecular complexity index is 734. The summed E-state index contributed by atoms with van der Waals surface area (Å²) in [5.41, 5.74) is 5.49. The van der Waals surface area contributed by atoms with Gasteiger partial charge in [0.2, 0.25) is 0 Å². The van der Waals surface area contributed by atoms with Gasteiger partial charge in [-0.25, -0.2) is 0 Å². The van der Waals surface area contributed by atoms with Gasteiger partial charge in [0, 0.05) is 20.8 Å². The molecule has 0 aromatic heterocycles. The van der Waals surface area contributed by atoms with E-state index in [2.05, 4.69) is 99.1 Å². The summed E-state index contributed by atoms with van der Waals surface area (Å²) < 4.78 is 2.37. The standard InChI is InChI=1S/C18H12Br2.C3H6/c19-17-5-1-3-11-13(7-9-15(11)17)14-8-10-16-12(14)4-2-6-18(16)20;1-3-2/h1-10,13-14H;3H,1H2,2H3. The second kappa shape index (κ2) is 7.02. The lowest BCUT2D eigenvalue weighted by molar-refractivity contribution is 0.758. The molecule has 0 saturated carbocycles. The van der Waals surface area contributed by atoms with Crippen molar-refractivity contribution in [1.82, 2.24) is 0 Å². The molecule has 2 heteroatoms. The highest BCUT2D eigenvalue weighted by atomic mass is 79.9. The summed E-state index contributed by atoms with van der Waals surface area (Å²) in [6.45, 7) is 5.25. The number of rotatable bonds is 1. The largest absolute Gasteiger partial charge is 0.103 e. The fourth-order valence-electron chi connectivity index (χ4n) is 3.27. The molecule has 2 atom stereocenters. The molecule has 0 amide bonds. The van der Waals surface area contributed by atoms with E-state index in [-0.39, 0.29) is 0 Å². The molecule has 0 saturated heterocycles. The van der Waals surface area contributed by atoms with E-state index in [1.807, 2.05) is 6.92 Å². The van der Waals surface area contributed by atoms with Crippen molar-refractivity contribution in [3.05, 3.63) is 92.4 Å². The lowest BCUT2D eigenvalue weighted by Gasteiger charge is -2.19. The summed E-state index contributed by atoms with van der Waals surface area (Å²) in [6.07, 6.45) is 10.9. The van der Waals surface area contributed by atoms with Gasteiger partial charge in [0.05, 0.1) is 0 Å². The molecule has 2 aromatic rings. The highest BCUT2D eigenvalue weighted by Crippen LogP contribution is 2.47. The molecule has 2 aliphatic carbocycles. The van der Waals surface area contributed by atoms with E-state index >= 15 is 0 Å². The van der Waals surface area contributed by atoms with Crippen molar-refractivity contribution in [2.24, 2.45) is 0 Å². The molecule has 0 spiro atoms. The third-order valence-electron chi connectivity index (χ3n) is 4.22. The van der Waals surface area contributed by atoms with E-state index in [0.29, 0.717) is 11.8 Å². The van der Waals surface area contributed by atoms with Gasteiger partial charge in [-0.2, -0.15) is 0 Å². The third-order valence-corrected chi connectivity index (χ3v) is 5.60. The minimum absolute atomic E-state index is 0.439. The minimum Gasteiger partial charge on any atom is -0.103 e. The van der Waals surface area contributed by atoms with Gasteiger partial charge in [-0.15, -0.1) is 6.58 Å². The second-order valence-corrected chi connectivity index (χ2v) is 7.37. The van der Waals surface area contributed by atoms with E-state index in [0.717, 1.165) is 0 Å². The molecule has 0 fully saturated rings. The Kier molecular flexibility index (Phi) is 5.03. The highest BCUT2D eigenvalue weighted by molar-refractivity contribution is 9.10. The molecule has 23 heavy (non-hydrogen) atoms. The van der Waals surface area contributed by atoms with Crippen LogP contribution < -0.4 is 0 Å². The van der Waals surface area contributed by atoms with Crippen LogP contribution in [0.2, 0.25) is 0 Å². The first-order chi connectivity index (χ1) is 11.2. The Morgan fingerprint density at radius 1 is 0.826 bits per heavy atom. The number of hydrogen-bond acceptors (Lipinski definition) is 0. The Morgan fingerprint density at radius 3 is 1.61 bits per heavy atom. The van der Waals surface area contributed by atoms with Crippen LogP contribution in [0, 0.1) is 0 Å². The van der Waals surface area contributed by atoms with E-state index in [9.17, 15) is 0 Å². The summed E-state index contributed by atoms with van der Waals surface area (Å²) in [4.78, 5) is 0. The number of allylic oxidation sites excluding steroid dienone is 3. The number of halogens is 2. The smallest absolute Gasteiger partial charge is 0.0250 e. The van der Waals surface area contributed by atoms with Gasteiger partial charge in [-0.3, -0.25) is 0 Å². The van der Waals surface area contributed by atoms with Crippen LogP contribution >= 0.6 is 31.9 Å². The number of hydrogen-bond donors (Lipinski definition) is 0. The highest BCUT2D eigenvalue weighted by Gasteiger charge is 2.30. The first kappa shape index (κ1) is 16.5. The van der Waals surface area contributed by atoms with Gasteiger partial charge >= 0.3 is 0 Å². The van der Waals surface area contributed by atoms with Crippen molar-refractivity contribution in [2.75, 3.05) is 0 Å². The molecule has 0 aliphatic heterocycles. The van der Waals surface area contributed by atoms with Crippen molar-refractivity contribution in [2.45, 2.75) is 18.8 Å². The molecule has 2 unspecified atom stereocenters. The fourth-order valence-corrected chi connectivity index (χ4v) is 4.30. The Labute approximate surface area is 154 Å². The second-order valence-electron chi connectivity index (χ2n) is 5.66. The minimum atomic E-state index is 0.439. The zero-order chi connectivity index (χ0) is 16.4. The van der Waals surface area contributed by atoms with E-state index < -0.39 is 0 Å². The van der Waals surface area contributed by atoms with Crippen molar-refractivity contribution >= 4 is 44.0 Å². The average Bonchev–Trinajstić information content (AvgIpc) is 3.13. The zero-order valence-electron chi connectivity index (χ0n) is 13.0. The first-order valence-corrected chi connectivity index (χ1v) is 9.26. The molecular formula is C21H18Br2. The zero-order valence-corrected chi connectivity index (χ0v) is 16.1. The molecule has 2 aliphatic rings. The van der Waals surface area contributed by atoms with E-state index in [1.165, 1.54) is 31.2 Å². The van der Waals surface area contributed by atoms with Crippen LogP contribution in [0.25, 0.3) is 12.2 Å². The maximum Gasteiger partial charge on any atom is 0.0250 e. The summed E-state index contributed by atoms with van der Waals surface area (Å²) >= 11 is 7.30. The maximum absolute atomic E-state index is 3.65. The number of fused-ring (bicyclic) bond motifs is 2. The fraction of sp³-hybridized carbons (Fsp3) is 0.143. The summed E-state index contributed by atoms with van der Waals surface area (Å²) in [5, 5.41) is 0. The predicted octanol–water partition coefficient (Wildman–Crippen LogP) is 7.32. The van der Waals surface area contributed by atoms with Crippen LogP contribution in [-0.2, 0) is 0 Å². The third kappa shape index (κ3) is 3.02. The summed E-state index contributed by atoms with van der Waals surface area (Å²) in [6, 6.07) is 13.0. The van der Waals surface area contributed by atoms with Crippen LogP contribution in [0.5, 0.6) is 0 Å². The SMILES string of the molecule is Brc1cccc2c1C=CC2C1C=Cc2c(Br)cccc21.C=CC. The van der Waals surface area contributed by atoms with Gasteiger partial charge in [0.1, 0.15) is 0 Å². The predicted molar refractivity (Wildman–Crippen MR) is 108 cm³/mol. The lowest BCUT2D eigenvalue weighted by Crippen LogP contribution is -2.04. The van der Waals surface area contributed by atoms with Crippen LogP contribution in [-0.4, -0.2) is 0 Å². The maximum atomic E-state index is 3.65. The lowest BCUT2D eigenvalue weighted by atomic mass is 9.84. The van der Waals surface area contributed by atoms with Crippen LogP contribution in [0.1, 0.15) is 41.0 Å². The topological polar surface area (TPSA) is 0 Å². The molecule has 0 radical (unpaired) electrons. The van der Waals surface area contributed by atoms with Gasteiger partial charge in [0.25, 0.3) is 0 Å². The number of benzene rings is 2. The van der Waals surface area contributed by atoms with E-state index in [1.54, 1.807) is 6.08 Å². The first-order valence-electron chi connectivity index (χ1n) is 7.67. The van der Waals surface area contributed by atoms with Gasteiger partial charge < -0.3 is 0 Å².